The smallest absolute Gasteiger partial charge is 0.0975 e. The van der Waals surface area contributed by atoms with E-state index in [0.29, 0.717) is 12.1 Å². The molecule has 2 N–H and O–H groups in total. The molecule has 0 radical (unpaired) electrons. The van der Waals surface area contributed by atoms with Gasteiger partial charge in [0.25, 0.3) is 0 Å². The molecule has 0 saturated heterocycles. The fourth-order valence-electron chi connectivity index (χ4n) is 2.23. The molecule has 0 aromatic carbocycles. The van der Waals surface area contributed by atoms with Crippen LogP contribution in [0.1, 0.15) is 39.0 Å². The minimum absolute atomic E-state index is 0.0781. The number of hydrogen-bond donors (Lipinski definition) is 1. The molecule has 14 heavy (non-hydrogen) atoms. The highest BCUT2D eigenvalue weighted by atomic mass is 15.2. The lowest BCUT2D eigenvalue weighted by molar-refractivity contribution is 0.154. The maximum Gasteiger partial charge on any atom is 0.0975 e. The number of nitrogens with two attached hydrogens (primary N) is 1. The Kier molecular flexibility index (Phi) is 4.37. The van der Waals surface area contributed by atoms with Crippen molar-refractivity contribution in [1.82, 2.24) is 4.90 Å². The van der Waals surface area contributed by atoms with Crippen molar-refractivity contribution in [2.24, 2.45) is 5.73 Å². The lowest BCUT2D eigenvalue weighted by Crippen LogP contribution is -2.43. The van der Waals surface area contributed by atoms with E-state index in [0.717, 1.165) is 32.1 Å². The molecule has 0 aromatic heterocycles. The molecule has 0 aromatic rings. The Labute approximate surface area is 86.9 Å². The van der Waals surface area contributed by atoms with E-state index >= 15 is 0 Å². The summed E-state index contributed by atoms with van der Waals surface area (Å²) >= 11 is 0. The van der Waals surface area contributed by atoms with E-state index in [4.69, 9.17) is 11.0 Å². The third kappa shape index (κ3) is 2.70. The lowest BCUT2D eigenvalue weighted by Gasteiger charge is -2.35. The summed E-state index contributed by atoms with van der Waals surface area (Å²) in [6, 6.07) is 3.39. The summed E-state index contributed by atoms with van der Waals surface area (Å²) in [4.78, 5) is 2.23. The van der Waals surface area contributed by atoms with E-state index in [1.807, 2.05) is 0 Å². The molecule has 1 aliphatic carbocycles. The Bertz CT molecular complexity index is 201. The number of hydrogen-bond acceptors (Lipinski definition) is 3. The van der Waals surface area contributed by atoms with Gasteiger partial charge in [-0.25, -0.2) is 0 Å². The first-order valence-corrected chi connectivity index (χ1v) is 5.56. The standard InChI is InChI=1S/C11H21N3/c1-3-10(8-12)14(2)11-6-4-9(13)5-7-11/h9-11H,3-7,13H2,1-2H3. The summed E-state index contributed by atoms with van der Waals surface area (Å²) in [6.07, 6.45) is 5.43. The van der Waals surface area contributed by atoms with Gasteiger partial charge in [0.15, 0.2) is 0 Å². The summed E-state index contributed by atoms with van der Waals surface area (Å²) in [5.74, 6) is 0. The van der Waals surface area contributed by atoms with Gasteiger partial charge in [-0.3, -0.25) is 4.90 Å². The lowest BCUT2D eigenvalue weighted by atomic mass is 9.90. The second kappa shape index (κ2) is 5.33. The summed E-state index contributed by atoms with van der Waals surface area (Å²) in [6.45, 7) is 2.07. The van der Waals surface area contributed by atoms with E-state index in [2.05, 4.69) is 24.9 Å². The van der Waals surface area contributed by atoms with Crippen molar-refractivity contribution in [2.75, 3.05) is 7.05 Å². The van der Waals surface area contributed by atoms with Crippen molar-refractivity contribution in [3.63, 3.8) is 0 Å². The van der Waals surface area contributed by atoms with Crippen LogP contribution in [0.2, 0.25) is 0 Å². The largest absolute Gasteiger partial charge is 0.328 e. The minimum Gasteiger partial charge on any atom is -0.328 e. The van der Waals surface area contributed by atoms with Crippen LogP contribution in [0.25, 0.3) is 0 Å². The quantitative estimate of drug-likeness (QED) is 0.742. The van der Waals surface area contributed by atoms with Crippen molar-refractivity contribution >= 4 is 0 Å². The maximum absolute atomic E-state index is 8.96. The zero-order chi connectivity index (χ0) is 10.6. The predicted octanol–water partition coefficient (Wildman–Crippen LogP) is 1.49. The van der Waals surface area contributed by atoms with Crippen LogP contribution < -0.4 is 5.73 Å². The molecule has 3 nitrogen and oxygen atoms in total. The SMILES string of the molecule is CCC(C#N)N(C)C1CCC(N)CC1. The molecule has 0 heterocycles. The maximum atomic E-state index is 8.96. The van der Waals surface area contributed by atoms with Gasteiger partial charge in [-0.15, -0.1) is 0 Å². The molecule has 0 spiro atoms. The summed E-state index contributed by atoms with van der Waals surface area (Å²) in [5, 5.41) is 8.96. The zero-order valence-corrected chi connectivity index (χ0v) is 9.24. The van der Waals surface area contributed by atoms with E-state index in [1.54, 1.807) is 0 Å². The molecular weight excluding hydrogens is 174 g/mol. The van der Waals surface area contributed by atoms with Crippen LogP contribution in [-0.4, -0.2) is 30.1 Å². The predicted molar refractivity (Wildman–Crippen MR) is 57.7 cm³/mol. The van der Waals surface area contributed by atoms with Gasteiger partial charge in [0.05, 0.1) is 12.1 Å². The van der Waals surface area contributed by atoms with Crippen LogP contribution >= 0.6 is 0 Å². The van der Waals surface area contributed by atoms with Crippen LogP contribution in [0.5, 0.6) is 0 Å². The molecule has 1 unspecified atom stereocenters. The Morgan fingerprint density at radius 2 is 2.00 bits per heavy atom. The van der Waals surface area contributed by atoms with Gasteiger partial charge in [-0.1, -0.05) is 6.92 Å². The first-order valence-electron chi connectivity index (χ1n) is 5.56. The molecule has 1 aliphatic rings. The fraction of sp³-hybridized carbons (Fsp3) is 0.909. The third-order valence-electron chi connectivity index (χ3n) is 3.34. The van der Waals surface area contributed by atoms with Gasteiger partial charge < -0.3 is 5.73 Å². The highest BCUT2D eigenvalue weighted by Crippen LogP contribution is 2.22. The highest BCUT2D eigenvalue weighted by Gasteiger charge is 2.25. The molecular formula is C11H21N3. The molecule has 1 fully saturated rings. The van der Waals surface area contributed by atoms with Crippen LogP contribution in [0.3, 0.4) is 0 Å². The average Bonchev–Trinajstić information content (AvgIpc) is 2.20. The van der Waals surface area contributed by atoms with E-state index in [-0.39, 0.29) is 6.04 Å². The normalized spacial score (nSPS) is 29.9. The number of rotatable bonds is 3. The highest BCUT2D eigenvalue weighted by molar-refractivity contribution is 4.93. The van der Waals surface area contributed by atoms with E-state index < -0.39 is 0 Å². The van der Waals surface area contributed by atoms with Crippen molar-refractivity contribution < 1.29 is 0 Å². The van der Waals surface area contributed by atoms with Crippen LogP contribution in [0, 0.1) is 11.3 Å². The van der Waals surface area contributed by atoms with E-state index in [9.17, 15) is 0 Å². The van der Waals surface area contributed by atoms with Gasteiger partial charge in [0, 0.05) is 12.1 Å². The Morgan fingerprint density at radius 1 is 1.43 bits per heavy atom. The van der Waals surface area contributed by atoms with Crippen molar-refractivity contribution in [1.29, 1.82) is 5.26 Å². The molecule has 0 amide bonds. The number of nitriles is 1. The third-order valence-corrected chi connectivity index (χ3v) is 3.34. The minimum atomic E-state index is 0.0781. The van der Waals surface area contributed by atoms with Gasteiger partial charge >= 0.3 is 0 Å². The van der Waals surface area contributed by atoms with Crippen molar-refractivity contribution in [3.05, 3.63) is 0 Å². The molecule has 1 atom stereocenters. The summed E-state index contributed by atoms with van der Waals surface area (Å²) in [7, 11) is 2.07. The second-order valence-electron chi connectivity index (χ2n) is 4.29. The van der Waals surface area contributed by atoms with Gasteiger partial charge in [0.2, 0.25) is 0 Å². The summed E-state index contributed by atoms with van der Waals surface area (Å²) in [5.41, 5.74) is 5.85. The molecule has 80 valence electrons. The van der Waals surface area contributed by atoms with E-state index in [1.165, 1.54) is 0 Å². The molecule has 1 rings (SSSR count). The van der Waals surface area contributed by atoms with Gasteiger partial charge in [-0.05, 0) is 39.2 Å². The monoisotopic (exact) mass is 195 g/mol. The molecule has 1 saturated carbocycles. The average molecular weight is 195 g/mol. The molecule has 0 aliphatic heterocycles. The van der Waals surface area contributed by atoms with Gasteiger partial charge in [0.1, 0.15) is 0 Å². The van der Waals surface area contributed by atoms with Gasteiger partial charge in [-0.2, -0.15) is 5.26 Å². The van der Waals surface area contributed by atoms with Crippen LogP contribution in [0.15, 0.2) is 0 Å². The van der Waals surface area contributed by atoms with Crippen molar-refractivity contribution in [2.45, 2.75) is 57.2 Å². The molecule has 0 bridgehead atoms. The Hall–Kier alpha value is -0.590. The first-order chi connectivity index (χ1) is 6.69. The van der Waals surface area contributed by atoms with Crippen molar-refractivity contribution in [3.8, 4) is 6.07 Å². The first kappa shape index (κ1) is 11.5. The molecule has 3 heteroatoms. The topological polar surface area (TPSA) is 53.0 Å². The Balaban J connectivity index is 2.45. The second-order valence-corrected chi connectivity index (χ2v) is 4.29. The van der Waals surface area contributed by atoms with Crippen LogP contribution in [0.4, 0.5) is 0 Å². The fourth-order valence-corrected chi connectivity index (χ4v) is 2.23. The van der Waals surface area contributed by atoms with Crippen LogP contribution in [-0.2, 0) is 0 Å². The zero-order valence-electron chi connectivity index (χ0n) is 9.24. The Morgan fingerprint density at radius 3 is 2.43 bits per heavy atom. The summed E-state index contributed by atoms with van der Waals surface area (Å²) < 4.78 is 0. The number of nitrogens with zero attached hydrogens (tertiary/aromatic N) is 2.